The molecule has 2 heterocycles. The molecule has 2 aliphatic heterocycles. The van der Waals surface area contributed by atoms with Crippen molar-refractivity contribution in [3.05, 3.63) is 65.5 Å². The SMILES string of the molecule is CCc1ccc(S(=O)(=O)N2[C@@H]3CC[C@H]2CC(NC(=O)c2ccc(F)cc2)C3)cc1. The van der Waals surface area contributed by atoms with Crippen LogP contribution in [0.4, 0.5) is 4.39 Å². The quantitative estimate of drug-likeness (QED) is 0.811. The summed E-state index contributed by atoms with van der Waals surface area (Å²) in [5.41, 5.74) is 1.51. The average Bonchev–Trinajstić information content (AvgIpc) is 3.00. The molecule has 0 aliphatic carbocycles. The molecule has 4 rings (SSSR count). The lowest BCUT2D eigenvalue weighted by Crippen LogP contribution is -2.52. The van der Waals surface area contributed by atoms with Crippen molar-refractivity contribution in [1.82, 2.24) is 9.62 Å². The van der Waals surface area contributed by atoms with E-state index in [1.807, 2.05) is 19.1 Å². The normalized spacial score (nSPS) is 24.4. The Morgan fingerprint density at radius 2 is 1.62 bits per heavy atom. The molecule has 1 unspecified atom stereocenters. The van der Waals surface area contributed by atoms with Gasteiger partial charge in [-0.1, -0.05) is 19.1 Å². The van der Waals surface area contributed by atoms with E-state index in [0.29, 0.717) is 23.3 Å². The molecule has 2 saturated heterocycles. The lowest BCUT2D eigenvalue weighted by molar-refractivity contribution is 0.0909. The molecule has 0 radical (unpaired) electrons. The number of hydrogen-bond donors (Lipinski definition) is 1. The van der Waals surface area contributed by atoms with Crippen LogP contribution in [0, 0.1) is 5.82 Å². The molecule has 2 aromatic carbocycles. The van der Waals surface area contributed by atoms with Gasteiger partial charge in [0, 0.05) is 23.7 Å². The second-order valence-corrected chi connectivity index (χ2v) is 9.71. The Bertz CT molecular complexity index is 976. The van der Waals surface area contributed by atoms with Crippen LogP contribution in [0.3, 0.4) is 0 Å². The predicted octanol–water partition coefficient (Wildman–Crippen LogP) is 3.50. The summed E-state index contributed by atoms with van der Waals surface area (Å²) >= 11 is 0. The summed E-state index contributed by atoms with van der Waals surface area (Å²) in [5.74, 6) is -0.633. The number of rotatable bonds is 5. The first kappa shape index (κ1) is 20.0. The Kier molecular flexibility index (Phi) is 5.44. The van der Waals surface area contributed by atoms with Gasteiger partial charge in [0.15, 0.2) is 0 Å². The molecule has 2 bridgehead atoms. The molecule has 1 amide bonds. The number of nitrogens with zero attached hydrogens (tertiary/aromatic N) is 1. The van der Waals surface area contributed by atoms with Crippen molar-refractivity contribution in [2.45, 2.75) is 62.0 Å². The molecule has 7 heteroatoms. The maximum absolute atomic E-state index is 13.2. The van der Waals surface area contributed by atoms with Gasteiger partial charge in [0.1, 0.15) is 5.82 Å². The van der Waals surface area contributed by atoms with Gasteiger partial charge in [0.25, 0.3) is 5.91 Å². The number of fused-ring (bicyclic) bond motifs is 2. The van der Waals surface area contributed by atoms with E-state index in [2.05, 4.69) is 5.32 Å². The number of benzene rings is 2. The molecule has 154 valence electrons. The van der Waals surface area contributed by atoms with Crippen molar-refractivity contribution in [2.75, 3.05) is 0 Å². The summed E-state index contributed by atoms with van der Waals surface area (Å²) in [6.07, 6.45) is 3.66. The predicted molar refractivity (Wildman–Crippen MR) is 109 cm³/mol. The van der Waals surface area contributed by atoms with Gasteiger partial charge >= 0.3 is 0 Å². The first-order chi connectivity index (χ1) is 13.9. The number of nitrogens with one attached hydrogen (secondary N) is 1. The highest BCUT2D eigenvalue weighted by atomic mass is 32.2. The summed E-state index contributed by atoms with van der Waals surface area (Å²) in [7, 11) is -3.55. The topological polar surface area (TPSA) is 66.5 Å². The van der Waals surface area contributed by atoms with E-state index in [4.69, 9.17) is 0 Å². The number of hydrogen-bond acceptors (Lipinski definition) is 3. The van der Waals surface area contributed by atoms with Crippen LogP contribution < -0.4 is 5.32 Å². The van der Waals surface area contributed by atoms with Gasteiger partial charge in [-0.2, -0.15) is 4.31 Å². The second kappa shape index (κ2) is 7.88. The zero-order valence-electron chi connectivity index (χ0n) is 16.3. The van der Waals surface area contributed by atoms with E-state index in [-0.39, 0.29) is 29.8 Å². The minimum atomic E-state index is -3.55. The number of sulfonamides is 1. The van der Waals surface area contributed by atoms with Crippen LogP contribution >= 0.6 is 0 Å². The summed E-state index contributed by atoms with van der Waals surface area (Å²) in [6.45, 7) is 2.04. The van der Waals surface area contributed by atoms with E-state index >= 15 is 0 Å². The van der Waals surface area contributed by atoms with E-state index in [1.165, 1.54) is 24.3 Å². The fraction of sp³-hybridized carbons (Fsp3) is 0.409. The monoisotopic (exact) mass is 416 g/mol. The van der Waals surface area contributed by atoms with Crippen molar-refractivity contribution in [1.29, 1.82) is 0 Å². The van der Waals surface area contributed by atoms with Gasteiger partial charge in [0.05, 0.1) is 4.90 Å². The number of halogens is 1. The van der Waals surface area contributed by atoms with Crippen LogP contribution in [0.15, 0.2) is 53.4 Å². The lowest BCUT2D eigenvalue weighted by atomic mass is 9.99. The van der Waals surface area contributed by atoms with Gasteiger partial charge in [-0.05, 0) is 74.1 Å². The lowest BCUT2D eigenvalue weighted by Gasteiger charge is -2.38. The van der Waals surface area contributed by atoms with E-state index in [1.54, 1.807) is 16.4 Å². The fourth-order valence-corrected chi connectivity index (χ4v) is 6.42. The summed E-state index contributed by atoms with van der Waals surface area (Å²) < 4.78 is 41.2. The van der Waals surface area contributed by atoms with Crippen LogP contribution in [0.2, 0.25) is 0 Å². The Morgan fingerprint density at radius 3 is 2.17 bits per heavy atom. The van der Waals surface area contributed by atoms with Crippen LogP contribution in [0.1, 0.15) is 48.5 Å². The van der Waals surface area contributed by atoms with Gasteiger partial charge in [-0.25, -0.2) is 12.8 Å². The summed E-state index contributed by atoms with van der Waals surface area (Å²) in [5, 5.41) is 3.00. The molecule has 2 aromatic rings. The van der Waals surface area contributed by atoms with Gasteiger partial charge in [0.2, 0.25) is 10.0 Å². The Hall–Kier alpha value is -2.25. The number of amides is 1. The fourth-order valence-electron chi connectivity index (χ4n) is 4.53. The van der Waals surface area contributed by atoms with Crippen molar-refractivity contribution in [2.24, 2.45) is 0 Å². The van der Waals surface area contributed by atoms with Gasteiger partial charge in [-0.15, -0.1) is 0 Å². The smallest absolute Gasteiger partial charge is 0.251 e. The molecule has 5 nitrogen and oxygen atoms in total. The van der Waals surface area contributed by atoms with Crippen LogP contribution in [-0.4, -0.2) is 36.8 Å². The number of carbonyl (C=O) groups excluding carboxylic acids is 1. The molecule has 1 N–H and O–H groups in total. The molecule has 0 aromatic heterocycles. The summed E-state index contributed by atoms with van der Waals surface area (Å²) in [6, 6.07) is 12.2. The largest absolute Gasteiger partial charge is 0.349 e. The minimum Gasteiger partial charge on any atom is -0.349 e. The highest BCUT2D eigenvalue weighted by molar-refractivity contribution is 7.89. The summed E-state index contributed by atoms with van der Waals surface area (Å²) in [4.78, 5) is 12.8. The van der Waals surface area contributed by atoms with Crippen LogP contribution in [0.5, 0.6) is 0 Å². The van der Waals surface area contributed by atoms with Crippen molar-refractivity contribution >= 4 is 15.9 Å². The molecular weight excluding hydrogens is 391 g/mol. The zero-order valence-corrected chi connectivity index (χ0v) is 17.2. The van der Waals surface area contributed by atoms with Crippen molar-refractivity contribution in [3.63, 3.8) is 0 Å². The molecule has 0 saturated carbocycles. The molecule has 0 spiro atoms. The maximum Gasteiger partial charge on any atom is 0.251 e. The highest BCUT2D eigenvalue weighted by Crippen LogP contribution is 2.39. The first-order valence-electron chi connectivity index (χ1n) is 10.1. The Morgan fingerprint density at radius 1 is 1.03 bits per heavy atom. The number of carbonyl (C=O) groups is 1. The third kappa shape index (κ3) is 3.94. The first-order valence-corrected chi connectivity index (χ1v) is 11.5. The Balaban J connectivity index is 1.47. The maximum atomic E-state index is 13.2. The van der Waals surface area contributed by atoms with Crippen molar-refractivity contribution < 1.29 is 17.6 Å². The molecule has 3 atom stereocenters. The zero-order chi connectivity index (χ0) is 20.6. The highest BCUT2D eigenvalue weighted by Gasteiger charge is 2.47. The van der Waals surface area contributed by atoms with E-state index in [0.717, 1.165) is 24.8 Å². The minimum absolute atomic E-state index is 0.0843. The number of aryl methyl sites for hydroxylation is 1. The average molecular weight is 417 g/mol. The standard InChI is InChI=1S/C22H25FN2O3S/c1-2-15-3-11-21(12-4-15)29(27,28)25-19-9-10-20(25)14-18(13-19)24-22(26)16-5-7-17(23)8-6-16/h3-8,11-12,18-20H,2,9-10,13-14H2,1H3,(H,24,26)/t18?,19-,20+. The van der Waals surface area contributed by atoms with Gasteiger partial charge < -0.3 is 5.32 Å². The second-order valence-electron chi connectivity index (χ2n) is 7.87. The van der Waals surface area contributed by atoms with E-state index in [9.17, 15) is 17.6 Å². The number of piperidine rings is 1. The molecule has 29 heavy (non-hydrogen) atoms. The van der Waals surface area contributed by atoms with E-state index < -0.39 is 10.0 Å². The molecule has 2 fully saturated rings. The van der Waals surface area contributed by atoms with Crippen LogP contribution in [-0.2, 0) is 16.4 Å². The Labute approximate surface area is 171 Å². The van der Waals surface area contributed by atoms with Crippen LogP contribution in [0.25, 0.3) is 0 Å². The third-order valence-corrected chi connectivity index (χ3v) is 8.03. The van der Waals surface area contributed by atoms with Crippen molar-refractivity contribution in [3.8, 4) is 0 Å². The van der Waals surface area contributed by atoms with Gasteiger partial charge in [-0.3, -0.25) is 4.79 Å². The third-order valence-electron chi connectivity index (χ3n) is 6.01. The molecular formula is C22H25FN2O3S. The molecule has 2 aliphatic rings.